The highest BCUT2D eigenvalue weighted by Gasteiger charge is 2.06. The molecule has 2 aromatic carbocycles. The van der Waals surface area contributed by atoms with Crippen LogP contribution in [0.15, 0.2) is 58.5 Å². The Morgan fingerprint density at radius 3 is 1.32 bits per heavy atom. The fourth-order valence-electron chi connectivity index (χ4n) is 2.97. The van der Waals surface area contributed by atoms with Gasteiger partial charge in [0, 0.05) is 32.5 Å². The van der Waals surface area contributed by atoms with Crippen LogP contribution in [-0.4, -0.2) is 57.7 Å². The summed E-state index contributed by atoms with van der Waals surface area (Å²) in [6.45, 7) is 0.566. The molecule has 2 aromatic rings. The number of aliphatic hydroxyl groups is 2. The van der Waals surface area contributed by atoms with E-state index in [0.717, 1.165) is 36.8 Å². The molecule has 0 unspecified atom stereocenters. The number of carboxylic acids is 2. The first-order valence-corrected chi connectivity index (χ1v) is 11.9. The van der Waals surface area contributed by atoms with Crippen LogP contribution in [0.3, 0.4) is 0 Å². The molecule has 37 heavy (non-hydrogen) atoms. The SMILES string of the molecule is O=C(O)CCCCC(=O)O.O=C=Nc1ccccc1Cc1ccccc1N=C=O.OCCCCCCO. The van der Waals surface area contributed by atoms with E-state index in [1.54, 1.807) is 24.3 Å². The predicted molar refractivity (Wildman–Crippen MR) is 138 cm³/mol. The predicted octanol–water partition coefficient (Wildman–Crippen LogP) is 4.46. The van der Waals surface area contributed by atoms with Crippen molar-refractivity contribution < 1.29 is 39.6 Å². The van der Waals surface area contributed by atoms with Crippen LogP contribution >= 0.6 is 0 Å². The lowest BCUT2D eigenvalue weighted by atomic mass is 10.0. The summed E-state index contributed by atoms with van der Waals surface area (Å²) in [6, 6.07) is 14.6. The number of carbonyl (C=O) groups is 2. The number of aliphatic carboxylic acids is 2. The van der Waals surface area contributed by atoms with E-state index in [0.29, 0.717) is 30.6 Å². The van der Waals surface area contributed by atoms with Crippen LogP contribution in [0.25, 0.3) is 0 Å². The molecule has 0 aliphatic carbocycles. The van der Waals surface area contributed by atoms with Crippen LogP contribution in [0.4, 0.5) is 11.4 Å². The Balaban J connectivity index is 0.000000607. The average Bonchev–Trinajstić information content (AvgIpc) is 2.88. The number of nitrogens with zero attached hydrogens (tertiary/aromatic N) is 2. The van der Waals surface area contributed by atoms with E-state index >= 15 is 0 Å². The quantitative estimate of drug-likeness (QED) is 0.162. The Hall–Kier alpha value is -3.94. The summed E-state index contributed by atoms with van der Waals surface area (Å²) in [4.78, 5) is 47.9. The molecule has 0 amide bonds. The topological polar surface area (TPSA) is 174 Å². The van der Waals surface area contributed by atoms with Crippen molar-refractivity contribution in [3.8, 4) is 0 Å². The molecule has 0 aromatic heterocycles. The molecule has 0 saturated carbocycles. The van der Waals surface area contributed by atoms with Crippen LogP contribution < -0.4 is 0 Å². The Labute approximate surface area is 216 Å². The van der Waals surface area contributed by atoms with E-state index in [9.17, 15) is 19.2 Å². The molecule has 200 valence electrons. The number of aliphatic hydroxyl groups excluding tert-OH is 2. The average molecular weight is 515 g/mol. The lowest BCUT2D eigenvalue weighted by molar-refractivity contribution is -0.139. The minimum Gasteiger partial charge on any atom is -0.481 e. The van der Waals surface area contributed by atoms with Crippen LogP contribution in [0.1, 0.15) is 62.5 Å². The summed E-state index contributed by atoms with van der Waals surface area (Å²) >= 11 is 0. The molecule has 10 nitrogen and oxygen atoms in total. The van der Waals surface area contributed by atoms with E-state index < -0.39 is 11.9 Å². The fourth-order valence-corrected chi connectivity index (χ4v) is 2.97. The van der Waals surface area contributed by atoms with Gasteiger partial charge in [-0.15, -0.1) is 0 Å². The van der Waals surface area contributed by atoms with Crippen LogP contribution in [0.5, 0.6) is 0 Å². The van der Waals surface area contributed by atoms with Crippen molar-refractivity contribution in [2.75, 3.05) is 13.2 Å². The van der Waals surface area contributed by atoms with E-state index in [1.165, 1.54) is 12.2 Å². The van der Waals surface area contributed by atoms with E-state index in [2.05, 4.69) is 9.98 Å². The summed E-state index contributed by atoms with van der Waals surface area (Å²) in [5, 5.41) is 32.9. The monoisotopic (exact) mass is 514 g/mol. The highest BCUT2D eigenvalue weighted by atomic mass is 16.4. The van der Waals surface area contributed by atoms with Gasteiger partial charge in [-0.25, -0.2) is 9.59 Å². The van der Waals surface area contributed by atoms with Crippen LogP contribution in [0.2, 0.25) is 0 Å². The molecular formula is C27H34N2O8. The number of para-hydroxylation sites is 2. The summed E-state index contributed by atoms with van der Waals surface area (Å²) in [6.07, 6.45) is 8.45. The van der Waals surface area contributed by atoms with Crippen molar-refractivity contribution in [3.05, 3.63) is 59.7 Å². The van der Waals surface area contributed by atoms with Crippen molar-refractivity contribution in [3.63, 3.8) is 0 Å². The number of unbranched alkanes of at least 4 members (excludes halogenated alkanes) is 4. The zero-order valence-electron chi connectivity index (χ0n) is 20.7. The molecule has 2 rings (SSSR count). The first kappa shape index (κ1) is 33.1. The van der Waals surface area contributed by atoms with E-state index in [-0.39, 0.29) is 26.1 Å². The van der Waals surface area contributed by atoms with Gasteiger partial charge in [-0.1, -0.05) is 49.2 Å². The molecule has 0 atom stereocenters. The normalized spacial score (nSPS) is 9.35. The van der Waals surface area contributed by atoms with Gasteiger partial charge in [0.05, 0.1) is 11.4 Å². The molecule has 0 bridgehead atoms. The van der Waals surface area contributed by atoms with Crippen molar-refractivity contribution in [1.82, 2.24) is 0 Å². The molecule has 0 saturated heterocycles. The van der Waals surface area contributed by atoms with E-state index in [1.807, 2.05) is 24.3 Å². The maximum atomic E-state index is 10.4. The number of carbonyl (C=O) groups excluding carboxylic acids is 2. The summed E-state index contributed by atoms with van der Waals surface area (Å²) in [7, 11) is 0. The number of hydrogen-bond acceptors (Lipinski definition) is 8. The molecule has 0 spiro atoms. The maximum Gasteiger partial charge on any atom is 0.303 e. The summed E-state index contributed by atoms with van der Waals surface area (Å²) < 4.78 is 0. The second kappa shape index (κ2) is 22.5. The standard InChI is InChI=1S/C15H10N2O2.C6H10O4.C6H14O2/c18-10-16-14-7-3-1-5-12(14)9-13-6-2-4-8-15(13)17-11-19;7-5(8)3-1-2-4-6(9)10;7-5-3-1-2-4-6-8/h1-8H,9H2;1-4H2,(H,7,8)(H,9,10);7-8H,1-6H2. The number of carboxylic acid groups (broad SMARTS) is 2. The van der Waals surface area contributed by atoms with Crippen LogP contribution in [-0.2, 0) is 25.6 Å². The Bertz CT molecular complexity index is 947. The minimum atomic E-state index is -0.870. The lowest BCUT2D eigenvalue weighted by Crippen LogP contribution is -1.97. The molecule has 0 aliphatic heterocycles. The third kappa shape index (κ3) is 18.1. The molecule has 0 fully saturated rings. The number of benzene rings is 2. The Kier molecular flexibility index (Phi) is 20.1. The van der Waals surface area contributed by atoms with Crippen LogP contribution in [0, 0.1) is 0 Å². The van der Waals surface area contributed by atoms with Crippen molar-refractivity contribution in [1.29, 1.82) is 0 Å². The molecule has 4 N–H and O–H groups in total. The zero-order valence-corrected chi connectivity index (χ0v) is 20.7. The number of aliphatic imine (C=N–C) groups is 2. The zero-order chi connectivity index (χ0) is 27.7. The number of hydrogen-bond donors (Lipinski definition) is 4. The third-order valence-electron chi connectivity index (χ3n) is 4.79. The fraction of sp³-hybridized carbons (Fsp3) is 0.407. The molecule has 0 radical (unpaired) electrons. The summed E-state index contributed by atoms with van der Waals surface area (Å²) in [5.41, 5.74) is 2.89. The second-order valence-corrected chi connectivity index (χ2v) is 7.70. The largest absolute Gasteiger partial charge is 0.481 e. The van der Waals surface area contributed by atoms with Gasteiger partial charge in [0.1, 0.15) is 0 Å². The van der Waals surface area contributed by atoms with E-state index in [4.69, 9.17) is 20.4 Å². The highest BCUT2D eigenvalue weighted by Crippen LogP contribution is 2.26. The van der Waals surface area contributed by atoms with Gasteiger partial charge in [-0.05, 0) is 48.9 Å². The van der Waals surface area contributed by atoms with Crippen molar-refractivity contribution in [2.24, 2.45) is 9.98 Å². The van der Waals surface area contributed by atoms with Gasteiger partial charge in [0.2, 0.25) is 12.2 Å². The first-order chi connectivity index (χ1) is 17.9. The van der Waals surface area contributed by atoms with Gasteiger partial charge >= 0.3 is 11.9 Å². The number of rotatable bonds is 14. The van der Waals surface area contributed by atoms with Crippen molar-refractivity contribution in [2.45, 2.75) is 57.8 Å². The lowest BCUT2D eigenvalue weighted by Gasteiger charge is -2.06. The summed E-state index contributed by atoms with van der Waals surface area (Å²) in [5.74, 6) is -1.74. The number of isocyanates is 2. The van der Waals surface area contributed by atoms with Gasteiger partial charge in [0.15, 0.2) is 0 Å². The van der Waals surface area contributed by atoms with Crippen molar-refractivity contribution >= 4 is 35.5 Å². The molecule has 10 heteroatoms. The van der Waals surface area contributed by atoms with Gasteiger partial charge in [0.25, 0.3) is 0 Å². The molecule has 0 aliphatic rings. The smallest absolute Gasteiger partial charge is 0.303 e. The minimum absolute atomic E-state index is 0.0628. The maximum absolute atomic E-state index is 10.4. The van der Waals surface area contributed by atoms with Gasteiger partial charge in [-0.3, -0.25) is 9.59 Å². The van der Waals surface area contributed by atoms with Gasteiger partial charge in [-0.2, -0.15) is 9.98 Å². The highest BCUT2D eigenvalue weighted by molar-refractivity contribution is 5.68. The van der Waals surface area contributed by atoms with Gasteiger partial charge < -0.3 is 20.4 Å². The Morgan fingerprint density at radius 1 is 0.622 bits per heavy atom. The molecule has 0 heterocycles. The first-order valence-electron chi connectivity index (χ1n) is 11.9. The molecular weight excluding hydrogens is 480 g/mol. The second-order valence-electron chi connectivity index (χ2n) is 7.70. The third-order valence-corrected chi connectivity index (χ3v) is 4.79. The Morgan fingerprint density at radius 2 is 1.00 bits per heavy atom.